The lowest BCUT2D eigenvalue weighted by molar-refractivity contribution is -0.170. The van der Waals surface area contributed by atoms with E-state index in [1.165, 1.54) is 308 Å². The lowest BCUT2D eigenvalue weighted by Crippen LogP contribution is -2.56. The van der Waals surface area contributed by atoms with Crippen molar-refractivity contribution < 1.29 is 60.0 Å². The van der Waals surface area contributed by atoms with Gasteiger partial charge in [0.25, 0.3) is 11.8 Å². The van der Waals surface area contributed by atoms with E-state index >= 15 is 0 Å². The molecule has 6 atom stereocenters. The zero-order valence-corrected chi connectivity index (χ0v) is 69.7. The first-order valence-electron chi connectivity index (χ1n) is 44.5. The van der Waals surface area contributed by atoms with Crippen LogP contribution < -0.4 is 10.6 Å². The average Bonchev–Trinajstić information content (AvgIpc) is 0.873. The Labute approximate surface area is 647 Å². The normalized spacial score (nSPS) is 13.6. The van der Waals surface area contributed by atoms with Crippen molar-refractivity contribution in [3.63, 3.8) is 0 Å². The van der Waals surface area contributed by atoms with Gasteiger partial charge in [-0.25, -0.2) is 0 Å². The number of rotatable bonds is 83. The van der Waals surface area contributed by atoms with Gasteiger partial charge >= 0.3 is 0 Å². The summed E-state index contributed by atoms with van der Waals surface area (Å²) in [5.74, 6) is -3.21. The number of nitrogens with zero attached hydrogens (tertiary/aromatic N) is 2. The zero-order valence-electron chi connectivity index (χ0n) is 68.0. The smallest absolute Gasteiger partial charge is 0.252 e. The van der Waals surface area contributed by atoms with Crippen LogP contribution in [0.25, 0.3) is 0 Å². The standard InChI is InChI=1S/C86H170N4O12S2/c1-5-9-13-17-21-25-29-33-37-41-45-49-53-57-61-65-69-89(70-66-62-58-54-50-46-42-38-34-30-26-22-18-14-10-6-2)83(97)75(87-81(95)77(91)79(93)85(99)100)73-103-104-74-76(88-82(96)78(92)80(94)86(101)102)84(98)90(71-67-63-59-55-51-47-43-39-35-31-27-23-19-15-11-7-3)72-68-64-60-56-52-48-44-40-36-32-28-24-20-16-12-8-4/h75-80,85-86,91-94,99-102H,5-74H2,1-4H3,(H,87,95)(H,88,96). The number of hydrogen-bond donors (Lipinski definition) is 10. The summed E-state index contributed by atoms with van der Waals surface area (Å²) in [5, 5.41) is 86.6. The van der Waals surface area contributed by atoms with Gasteiger partial charge in [-0.3, -0.25) is 19.2 Å². The van der Waals surface area contributed by atoms with Crippen LogP contribution in [0.2, 0.25) is 0 Å². The molecule has 0 rings (SSSR count). The Kier molecular flexibility index (Phi) is 76.7. The molecule has 16 nitrogen and oxygen atoms in total. The van der Waals surface area contributed by atoms with Crippen molar-refractivity contribution in [2.24, 2.45) is 0 Å². The molecule has 0 heterocycles. The molecule has 0 aromatic heterocycles. The third-order valence-corrected chi connectivity index (χ3v) is 23.7. The molecule has 0 spiro atoms. The van der Waals surface area contributed by atoms with Crippen LogP contribution in [0.5, 0.6) is 0 Å². The van der Waals surface area contributed by atoms with Gasteiger partial charge in [-0.2, -0.15) is 0 Å². The van der Waals surface area contributed by atoms with Gasteiger partial charge in [0.15, 0.2) is 24.8 Å². The van der Waals surface area contributed by atoms with E-state index in [2.05, 4.69) is 38.3 Å². The molecule has 6 unspecified atom stereocenters. The van der Waals surface area contributed by atoms with Gasteiger partial charge in [-0.05, 0) is 25.7 Å². The fourth-order valence-electron chi connectivity index (χ4n) is 14.2. The monoisotopic (exact) mass is 1520 g/mol. The van der Waals surface area contributed by atoms with Crippen LogP contribution >= 0.6 is 21.6 Å². The van der Waals surface area contributed by atoms with Crippen LogP contribution in [0.1, 0.15) is 439 Å². The number of hydrogen-bond acceptors (Lipinski definition) is 14. The highest BCUT2D eigenvalue weighted by atomic mass is 33.1. The van der Waals surface area contributed by atoms with E-state index < -0.39 is 60.9 Å². The van der Waals surface area contributed by atoms with Gasteiger partial charge in [0.05, 0.1) is 0 Å². The Morgan fingerprint density at radius 2 is 0.385 bits per heavy atom. The number of aliphatic hydroxyl groups is 8. The molecule has 0 radical (unpaired) electrons. The maximum Gasteiger partial charge on any atom is 0.252 e. The largest absolute Gasteiger partial charge is 0.385 e. The quantitative estimate of drug-likeness (QED) is 0.0154. The Morgan fingerprint density at radius 3 is 0.529 bits per heavy atom. The maximum absolute atomic E-state index is 15.0. The molecule has 0 aromatic carbocycles. The highest BCUT2D eigenvalue weighted by Crippen LogP contribution is 2.27. The summed E-state index contributed by atoms with van der Waals surface area (Å²) in [6.45, 7) is 10.9. The summed E-state index contributed by atoms with van der Waals surface area (Å²) < 4.78 is 0. The summed E-state index contributed by atoms with van der Waals surface area (Å²) in [6, 6.07) is -2.49. The minimum absolute atomic E-state index is 0.0663. The molecule has 0 saturated carbocycles. The molecule has 0 aliphatic heterocycles. The van der Waals surface area contributed by atoms with Crippen molar-refractivity contribution in [1.29, 1.82) is 0 Å². The van der Waals surface area contributed by atoms with E-state index in [1.807, 2.05) is 0 Å². The Morgan fingerprint density at radius 1 is 0.240 bits per heavy atom. The van der Waals surface area contributed by atoms with Crippen molar-refractivity contribution in [1.82, 2.24) is 20.4 Å². The first-order chi connectivity index (χ1) is 50.7. The van der Waals surface area contributed by atoms with Crippen LogP contribution in [0.3, 0.4) is 0 Å². The second kappa shape index (κ2) is 78.0. The average molecular weight is 1520 g/mol. The van der Waals surface area contributed by atoms with Crippen molar-refractivity contribution in [3.8, 4) is 0 Å². The molecule has 104 heavy (non-hydrogen) atoms. The lowest BCUT2D eigenvalue weighted by Gasteiger charge is -2.30. The fraction of sp³-hybridized carbons (Fsp3) is 0.953. The number of nitrogens with one attached hydrogen (secondary N) is 2. The molecule has 0 aromatic rings. The number of carbonyl (C=O) groups excluding carboxylic acids is 4. The van der Waals surface area contributed by atoms with Gasteiger partial charge in [0.1, 0.15) is 24.3 Å². The molecule has 0 aliphatic rings. The van der Waals surface area contributed by atoms with Crippen LogP contribution in [0.15, 0.2) is 0 Å². The van der Waals surface area contributed by atoms with Gasteiger partial charge in [-0.15, -0.1) is 0 Å². The summed E-state index contributed by atoms with van der Waals surface area (Å²) in [4.78, 5) is 60.8. The molecule has 4 amide bonds. The number of amides is 4. The van der Waals surface area contributed by atoms with Gasteiger partial charge in [0.2, 0.25) is 11.8 Å². The van der Waals surface area contributed by atoms with Crippen molar-refractivity contribution >= 4 is 45.2 Å². The second-order valence-corrected chi connectivity index (χ2v) is 33.8. The van der Waals surface area contributed by atoms with Crippen LogP contribution in [0.4, 0.5) is 0 Å². The van der Waals surface area contributed by atoms with E-state index in [-0.39, 0.29) is 23.3 Å². The van der Waals surface area contributed by atoms with Crippen LogP contribution in [-0.2, 0) is 19.2 Å². The lowest BCUT2D eigenvalue weighted by atomic mass is 10.0. The van der Waals surface area contributed by atoms with Crippen molar-refractivity contribution in [2.45, 2.75) is 488 Å². The van der Waals surface area contributed by atoms with Gasteiger partial charge in [0, 0.05) is 37.7 Å². The Hall–Kier alpha value is -1.74. The molecule has 0 aliphatic carbocycles. The first kappa shape index (κ1) is 102. The summed E-state index contributed by atoms with van der Waals surface area (Å²) in [7, 11) is 2.31. The Bertz CT molecular complexity index is 1660. The minimum atomic E-state index is -2.42. The van der Waals surface area contributed by atoms with E-state index in [1.54, 1.807) is 9.80 Å². The highest BCUT2D eigenvalue weighted by Gasteiger charge is 2.36. The SMILES string of the molecule is CCCCCCCCCCCCCCCCCCN(CCCCCCCCCCCCCCCCCC)C(=O)C(CSSCC(NC(=O)C(O)C(O)C(O)O)C(=O)N(CCCCCCCCCCCCCCCCCC)CCCCCCCCCCCCCCCCCC)NC(=O)C(O)C(O)C(O)O. The van der Waals surface area contributed by atoms with Crippen molar-refractivity contribution in [3.05, 3.63) is 0 Å². The third kappa shape index (κ3) is 63.0. The molecule has 18 heteroatoms. The molecule has 0 fully saturated rings. The molecule has 0 saturated heterocycles. The van der Waals surface area contributed by atoms with E-state index in [9.17, 15) is 60.0 Å². The predicted molar refractivity (Wildman–Crippen MR) is 441 cm³/mol. The summed E-state index contributed by atoms with van der Waals surface area (Å²) in [6.07, 6.45) is 64.1. The molecule has 10 N–H and O–H groups in total. The molecular formula is C86H170N4O12S2. The summed E-state index contributed by atoms with van der Waals surface area (Å²) >= 11 is 0. The number of unbranched alkanes of at least 4 members (excludes halogenated alkanes) is 60. The second-order valence-electron chi connectivity index (χ2n) is 31.3. The molecule has 0 bridgehead atoms. The minimum Gasteiger partial charge on any atom is -0.385 e. The number of aliphatic hydroxyl groups excluding tert-OH is 6. The predicted octanol–water partition coefficient (Wildman–Crippen LogP) is 20.1. The van der Waals surface area contributed by atoms with Gasteiger partial charge in [-0.1, -0.05) is 435 Å². The summed E-state index contributed by atoms with van der Waals surface area (Å²) in [5.41, 5.74) is 0. The van der Waals surface area contributed by atoms with E-state index in [0.29, 0.717) is 26.2 Å². The third-order valence-electron chi connectivity index (χ3n) is 21.3. The van der Waals surface area contributed by atoms with Crippen LogP contribution in [-0.4, -0.2) is 161 Å². The first-order valence-corrected chi connectivity index (χ1v) is 47.0. The van der Waals surface area contributed by atoms with Crippen LogP contribution in [0, 0.1) is 0 Å². The Balaban J connectivity index is 6.40. The molecular weight excluding hydrogens is 1350 g/mol. The zero-order chi connectivity index (χ0) is 76.4. The van der Waals surface area contributed by atoms with E-state index in [0.717, 1.165) is 124 Å². The topological polar surface area (TPSA) is 261 Å². The van der Waals surface area contributed by atoms with E-state index in [4.69, 9.17) is 0 Å². The maximum atomic E-state index is 15.0. The highest BCUT2D eigenvalue weighted by molar-refractivity contribution is 8.76. The molecule has 618 valence electrons. The number of carbonyl (C=O) groups is 4. The van der Waals surface area contributed by atoms with Crippen molar-refractivity contribution in [2.75, 3.05) is 37.7 Å². The van der Waals surface area contributed by atoms with Gasteiger partial charge < -0.3 is 61.3 Å². The fourth-order valence-corrected chi connectivity index (χ4v) is 16.6.